The molecule has 6 nitrogen and oxygen atoms in total. The molecule has 0 aliphatic carbocycles. The van der Waals surface area contributed by atoms with E-state index in [2.05, 4.69) is 15.7 Å². The van der Waals surface area contributed by atoms with Gasteiger partial charge in [-0.2, -0.15) is 5.10 Å². The van der Waals surface area contributed by atoms with E-state index >= 15 is 0 Å². The molecule has 4 rings (SSSR count). The third-order valence-electron chi connectivity index (χ3n) is 6.33. The topological polar surface area (TPSA) is 76.0 Å². The molecular weight excluding hydrogens is 436 g/mol. The summed E-state index contributed by atoms with van der Waals surface area (Å²) in [6, 6.07) is 23.4. The van der Waals surface area contributed by atoms with Crippen LogP contribution in [0.2, 0.25) is 0 Å². The Morgan fingerprint density at radius 1 is 0.914 bits per heavy atom. The molecule has 2 N–H and O–H groups in total. The van der Waals surface area contributed by atoms with Crippen molar-refractivity contribution in [2.24, 2.45) is 5.92 Å². The van der Waals surface area contributed by atoms with Crippen molar-refractivity contribution < 1.29 is 9.59 Å². The molecule has 1 heterocycles. The van der Waals surface area contributed by atoms with E-state index in [1.165, 1.54) is 0 Å². The Hall–Kier alpha value is -3.93. The molecule has 180 valence electrons. The van der Waals surface area contributed by atoms with Crippen LogP contribution in [0.15, 0.2) is 72.8 Å². The first-order chi connectivity index (χ1) is 16.8. The molecule has 1 atom stereocenters. The van der Waals surface area contributed by atoms with Gasteiger partial charge in [-0.1, -0.05) is 74.5 Å². The third kappa shape index (κ3) is 5.60. The lowest BCUT2D eigenvalue weighted by Crippen LogP contribution is -2.50. The number of hydrogen-bond acceptors (Lipinski definition) is 3. The number of aromatic nitrogens is 2. The van der Waals surface area contributed by atoms with Crippen molar-refractivity contribution in [3.63, 3.8) is 0 Å². The zero-order chi connectivity index (χ0) is 24.9. The summed E-state index contributed by atoms with van der Waals surface area (Å²) < 4.78 is 1.89. The zero-order valence-corrected chi connectivity index (χ0v) is 20.7. The molecule has 1 aromatic heterocycles. The molecule has 1 unspecified atom stereocenters. The fraction of sp³-hybridized carbons (Fsp3) is 0.276. The number of nitrogens with one attached hydrogen (secondary N) is 2. The Morgan fingerprint density at radius 2 is 1.60 bits per heavy atom. The van der Waals surface area contributed by atoms with Crippen molar-refractivity contribution in [2.75, 3.05) is 0 Å². The lowest BCUT2D eigenvalue weighted by Gasteiger charge is -2.22. The van der Waals surface area contributed by atoms with Crippen LogP contribution in [-0.2, 0) is 22.6 Å². The Kier molecular flexibility index (Phi) is 7.30. The summed E-state index contributed by atoms with van der Waals surface area (Å²) in [7, 11) is 0. The summed E-state index contributed by atoms with van der Waals surface area (Å²) in [4.78, 5) is 25.9. The van der Waals surface area contributed by atoms with Crippen LogP contribution in [0.1, 0.15) is 36.4 Å². The maximum absolute atomic E-state index is 13.1. The minimum atomic E-state index is -0.618. The highest BCUT2D eigenvalue weighted by molar-refractivity contribution is 5.89. The van der Waals surface area contributed by atoms with Crippen molar-refractivity contribution in [3.05, 3.63) is 95.3 Å². The number of hydrogen-bond donors (Lipinski definition) is 2. The third-order valence-corrected chi connectivity index (χ3v) is 6.33. The Morgan fingerprint density at radius 3 is 2.31 bits per heavy atom. The molecular formula is C29H32N4O2. The van der Waals surface area contributed by atoms with Crippen molar-refractivity contribution in [2.45, 2.75) is 46.7 Å². The molecule has 0 saturated heterocycles. The first-order valence-corrected chi connectivity index (χ1v) is 12.0. The Balaban J connectivity index is 1.40. The number of para-hydroxylation sites is 1. The SMILES string of the molecule is Cc1nn(-c2ccccc2)c(C)c1CNC(=O)C(NC(=O)Cc1ccc2ccccc2c1)C(C)C. The zero-order valence-electron chi connectivity index (χ0n) is 20.7. The highest BCUT2D eigenvalue weighted by Gasteiger charge is 2.25. The lowest BCUT2D eigenvalue weighted by atomic mass is 10.0. The number of carbonyl (C=O) groups is 2. The number of benzene rings is 3. The standard InChI is InChI=1S/C29H32N4O2/c1-19(2)28(31-27(34)17-22-14-15-23-10-8-9-11-24(23)16-22)29(35)30-18-26-20(3)32-33(21(26)4)25-12-6-5-7-13-25/h5-16,19,28H,17-18H2,1-4H3,(H,30,35)(H,31,34). The van der Waals surface area contributed by atoms with E-state index in [1.54, 1.807) is 0 Å². The van der Waals surface area contributed by atoms with Gasteiger partial charge in [-0.3, -0.25) is 9.59 Å². The second-order valence-corrected chi connectivity index (χ2v) is 9.26. The second kappa shape index (κ2) is 10.6. The maximum atomic E-state index is 13.1. The van der Waals surface area contributed by atoms with E-state index in [9.17, 15) is 9.59 Å². The van der Waals surface area contributed by atoms with Gasteiger partial charge in [-0.25, -0.2) is 4.68 Å². The van der Waals surface area contributed by atoms with Gasteiger partial charge in [-0.05, 0) is 48.2 Å². The minimum Gasteiger partial charge on any atom is -0.350 e. The van der Waals surface area contributed by atoms with Gasteiger partial charge in [0.2, 0.25) is 11.8 Å². The number of aryl methyl sites for hydroxylation is 1. The summed E-state index contributed by atoms with van der Waals surface area (Å²) in [5.74, 6) is -0.415. The van der Waals surface area contributed by atoms with E-state index in [1.807, 2.05) is 105 Å². The van der Waals surface area contributed by atoms with Crippen molar-refractivity contribution in [3.8, 4) is 5.69 Å². The smallest absolute Gasteiger partial charge is 0.243 e. The number of nitrogens with zero attached hydrogens (tertiary/aromatic N) is 2. The predicted molar refractivity (Wildman–Crippen MR) is 139 cm³/mol. The normalized spacial score (nSPS) is 12.0. The molecule has 6 heteroatoms. The van der Waals surface area contributed by atoms with Gasteiger partial charge in [0.1, 0.15) is 6.04 Å². The van der Waals surface area contributed by atoms with Crippen LogP contribution in [0.3, 0.4) is 0 Å². The maximum Gasteiger partial charge on any atom is 0.243 e. The van der Waals surface area contributed by atoms with Crippen LogP contribution >= 0.6 is 0 Å². The van der Waals surface area contributed by atoms with Crippen LogP contribution in [-0.4, -0.2) is 27.6 Å². The highest BCUT2D eigenvalue weighted by Crippen LogP contribution is 2.18. The van der Waals surface area contributed by atoms with Crippen molar-refractivity contribution in [1.82, 2.24) is 20.4 Å². The average molecular weight is 469 g/mol. The van der Waals surface area contributed by atoms with Gasteiger partial charge in [0.15, 0.2) is 0 Å². The van der Waals surface area contributed by atoms with E-state index in [0.717, 1.165) is 39.0 Å². The molecule has 2 amide bonds. The molecule has 0 radical (unpaired) electrons. The summed E-state index contributed by atoms with van der Waals surface area (Å²) in [6.45, 7) is 8.17. The van der Waals surface area contributed by atoms with Gasteiger partial charge in [0.25, 0.3) is 0 Å². The van der Waals surface area contributed by atoms with Gasteiger partial charge in [0, 0.05) is 17.8 Å². The minimum absolute atomic E-state index is 0.0511. The summed E-state index contributed by atoms with van der Waals surface area (Å²) in [5.41, 5.74) is 4.73. The molecule has 0 saturated carbocycles. The van der Waals surface area contributed by atoms with E-state index in [0.29, 0.717) is 6.54 Å². The quantitative estimate of drug-likeness (QED) is 0.396. The van der Waals surface area contributed by atoms with Crippen molar-refractivity contribution >= 4 is 22.6 Å². The molecule has 4 aromatic rings. The molecule has 0 fully saturated rings. The fourth-order valence-corrected chi connectivity index (χ4v) is 4.33. The Bertz CT molecular complexity index is 1340. The first-order valence-electron chi connectivity index (χ1n) is 12.0. The van der Waals surface area contributed by atoms with Crippen LogP contribution in [0.25, 0.3) is 16.5 Å². The van der Waals surface area contributed by atoms with Crippen LogP contribution in [0.5, 0.6) is 0 Å². The molecule has 35 heavy (non-hydrogen) atoms. The van der Waals surface area contributed by atoms with Gasteiger partial charge < -0.3 is 10.6 Å². The summed E-state index contributed by atoms with van der Waals surface area (Å²) in [6.07, 6.45) is 0.226. The van der Waals surface area contributed by atoms with Gasteiger partial charge in [-0.15, -0.1) is 0 Å². The molecule has 0 bridgehead atoms. The first kappa shape index (κ1) is 24.2. The van der Waals surface area contributed by atoms with E-state index in [-0.39, 0.29) is 24.2 Å². The summed E-state index contributed by atoms with van der Waals surface area (Å²) >= 11 is 0. The van der Waals surface area contributed by atoms with Crippen molar-refractivity contribution in [1.29, 1.82) is 0 Å². The largest absolute Gasteiger partial charge is 0.350 e. The average Bonchev–Trinajstić information content (AvgIpc) is 3.14. The predicted octanol–water partition coefficient (Wildman–Crippen LogP) is 4.64. The molecule has 0 aliphatic heterocycles. The lowest BCUT2D eigenvalue weighted by molar-refractivity contribution is -0.129. The number of fused-ring (bicyclic) bond motifs is 1. The van der Waals surface area contributed by atoms with E-state index in [4.69, 9.17) is 0 Å². The second-order valence-electron chi connectivity index (χ2n) is 9.26. The Labute approximate surface area is 206 Å². The molecule has 3 aromatic carbocycles. The number of carbonyl (C=O) groups excluding carboxylic acids is 2. The van der Waals surface area contributed by atoms with Gasteiger partial charge >= 0.3 is 0 Å². The van der Waals surface area contributed by atoms with Crippen LogP contribution < -0.4 is 10.6 Å². The number of amides is 2. The van der Waals surface area contributed by atoms with Crippen LogP contribution in [0, 0.1) is 19.8 Å². The monoisotopic (exact) mass is 468 g/mol. The highest BCUT2D eigenvalue weighted by atomic mass is 16.2. The summed E-state index contributed by atoms with van der Waals surface area (Å²) in [5, 5.41) is 12.8. The fourth-order valence-electron chi connectivity index (χ4n) is 4.33. The van der Waals surface area contributed by atoms with Gasteiger partial charge in [0.05, 0.1) is 17.8 Å². The van der Waals surface area contributed by atoms with Crippen LogP contribution in [0.4, 0.5) is 0 Å². The molecule has 0 aliphatic rings. The van der Waals surface area contributed by atoms with E-state index < -0.39 is 6.04 Å². The molecule has 0 spiro atoms. The number of rotatable bonds is 8.